The summed E-state index contributed by atoms with van der Waals surface area (Å²) in [6, 6.07) is 5.81. The van der Waals surface area contributed by atoms with E-state index in [9.17, 15) is 23.3 Å². The molecule has 1 amide bonds. The number of nitro groups is 1. The molecule has 1 aliphatic rings. The molecule has 1 fully saturated rings. The van der Waals surface area contributed by atoms with Crippen LogP contribution in [0.1, 0.15) is 5.69 Å². The molecule has 1 aromatic carbocycles. The average Bonchev–Trinajstić information content (AvgIpc) is 2.97. The predicted molar refractivity (Wildman–Crippen MR) is 106 cm³/mol. The molecule has 1 aromatic heterocycles. The highest BCUT2D eigenvalue weighted by atomic mass is 79.9. The number of carbonyl (C=O) groups is 1. The zero-order valence-electron chi connectivity index (χ0n) is 15.4. The Balaban J connectivity index is 1.67. The lowest BCUT2D eigenvalue weighted by Gasteiger charge is -2.26. The highest BCUT2D eigenvalue weighted by molar-refractivity contribution is 9.10. The van der Waals surface area contributed by atoms with Gasteiger partial charge in [-0.15, -0.1) is 0 Å². The number of morpholine rings is 1. The number of hydrogen-bond acceptors (Lipinski definition) is 7. The molecule has 0 atom stereocenters. The molecule has 13 heteroatoms. The van der Waals surface area contributed by atoms with Gasteiger partial charge in [-0.25, -0.2) is 8.42 Å². The van der Waals surface area contributed by atoms with Crippen LogP contribution >= 0.6 is 15.9 Å². The molecule has 1 aliphatic heterocycles. The van der Waals surface area contributed by atoms with E-state index in [1.54, 1.807) is 6.92 Å². The zero-order chi connectivity index (χ0) is 21.2. The second kappa shape index (κ2) is 8.57. The quantitative estimate of drug-likeness (QED) is 0.481. The zero-order valence-corrected chi connectivity index (χ0v) is 17.8. The lowest BCUT2D eigenvalue weighted by atomic mass is 10.3. The Morgan fingerprint density at radius 3 is 2.48 bits per heavy atom. The monoisotopic (exact) mass is 487 g/mol. The summed E-state index contributed by atoms with van der Waals surface area (Å²) < 4.78 is 33.2. The van der Waals surface area contributed by atoms with E-state index in [1.165, 1.54) is 33.3 Å². The average molecular weight is 488 g/mol. The minimum atomic E-state index is -3.61. The Labute approximate surface area is 175 Å². The van der Waals surface area contributed by atoms with Crippen molar-refractivity contribution >= 4 is 43.4 Å². The van der Waals surface area contributed by atoms with Crippen LogP contribution in [0.3, 0.4) is 0 Å². The summed E-state index contributed by atoms with van der Waals surface area (Å²) in [6.07, 6.45) is 0. The number of aromatic nitrogens is 2. The molecule has 2 heterocycles. The van der Waals surface area contributed by atoms with Gasteiger partial charge in [0.2, 0.25) is 15.9 Å². The van der Waals surface area contributed by atoms with Gasteiger partial charge >= 0.3 is 5.82 Å². The Morgan fingerprint density at radius 2 is 1.93 bits per heavy atom. The van der Waals surface area contributed by atoms with Gasteiger partial charge in [-0.1, -0.05) is 0 Å². The van der Waals surface area contributed by atoms with E-state index in [1.807, 2.05) is 0 Å². The van der Waals surface area contributed by atoms with Gasteiger partial charge in [-0.2, -0.15) is 8.99 Å². The summed E-state index contributed by atoms with van der Waals surface area (Å²) in [5.41, 5.74) is 0.841. The van der Waals surface area contributed by atoms with Crippen LogP contribution in [0.25, 0.3) is 0 Å². The van der Waals surface area contributed by atoms with E-state index >= 15 is 0 Å². The molecule has 0 spiro atoms. The van der Waals surface area contributed by atoms with Gasteiger partial charge in [0, 0.05) is 18.8 Å². The van der Waals surface area contributed by atoms with E-state index in [0.29, 0.717) is 37.7 Å². The number of nitrogens with zero attached hydrogens (tertiary/aromatic N) is 4. The topological polar surface area (TPSA) is 137 Å². The summed E-state index contributed by atoms with van der Waals surface area (Å²) >= 11 is 3.09. The molecule has 2 aromatic rings. The lowest BCUT2D eigenvalue weighted by Crippen LogP contribution is -2.40. The predicted octanol–water partition coefficient (Wildman–Crippen LogP) is 1.52. The molecule has 3 rings (SSSR count). The third-order valence-electron chi connectivity index (χ3n) is 4.33. The smallest absolute Gasteiger partial charge is 0.379 e. The first kappa shape index (κ1) is 21.4. The molecule has 0 aliphatic carbocycles. The van der Waals surface area contributed by atoms with Crippen LogP contribution in [0.15, 0.2) is 33.6 Å². The van der Waals surface area contributed by atoms with Crippen LogP contribution in [0.2, 0.25) is 0 Å². The van der Waals surface area contributed by atoms with Crippen molar-refractivity contribution in [2.75, 3.05) is 31.6 Å². The summed E-state index contributed by atoms with van der Waals surface area (Å²) in [6.45, 7) is 2.68. The summed E-state index contributed by atoms with van der Waals surface area (Å²) in [4.78, 5) is 22.7. The van der Waals surface area contributed by atoms with E-state index in [-0.39, 0.29) is 21.7 Å². The van der Waals surface area contributed by atoms with Crippen molar-refractivity contribution in [1.29, 1.82) is 0 Å². The number of anilines is 1. The number of rotatable bonds is 6. The normalized spacial score (nSPS) is 15.2. The molecule has 0 unspecified atom stereocenters. The van der Waals surface area contributed by atoms with Gasteiger partial charge in [0.15, 0.2) is 0 Å². The van der Waals surface area contributed by atoms with Crippen LogP contribution in [-0.4, -0.2) is 59.6 Å². The maximum absolute atomic E-state index is 12.6. The van der Waals surface area contributed by atoms with E-state index < -0.39 is 20.9 Å². The second-order valence-electron chi connectivity index (χ2n) is 6.23. The Hall–Kier alpha value is -2.35. The van der Waals surface area contributed by atoms with Crippen molar-refractivity contribution in [1.82, 2.24) is 14.1 Å². The van der Waals surface area contributed by atoms with Crippen molar-refractivity contribution in [3.63, 3.8) is 0 Å². The minimum Gasteiger partial charge on any atom is -0.379 e. The van der Waals surface area contributed by atoms with E-state index in [0.717, 1.165) is 0 Å². The van der Waals surface area contributed by atoms with Crippen LogP contribution in [0, 0.1) is 17.0 Å². The molecule has 0 bridgehead atoms. The van der Waals surface area contributed by atoms with Gasteiger partial charge in [-0.05, 0) is 52.0 Å². The standard InChI is InChI=1S/C16H18BrN5O6S/c1-11-15(17)16(22(24)25)19-21(11)10-14(23)18-12-2-4-13(5-3-12)29(26,27)20-6-8-28-9-7-20/h2-5H,6-10H2,1H3,(H,18,23). The fraction of sp³-hybridized carbons (Fsp3) is 0.375. The number of carbonyl (C=O) groups excluding carboxylic acids is 1. The van der Waals surface area contributed by atoms with Crippen LogP contribution in [-0.2, 0) is 26.1 Å². The van der Waals surface area contributed by atoms with Gasteiger partial charge < -0.3 is 20.2 Å². The van der Waals surface area contributed by atoms with Crippen LogP contribution < -0.4 is 5.32 Å². The minimum absolute atomic E-state index is 0.125. The largest absolute Gasteiger partial charge is 0.404 e. The second-order valence-corrected chi connectivity index (χ2v) is 8.96. The van der Waals surface area contributed by atoms with Gasteiger partial charge in [0.05, 0.1) is 28.9 Å². The van der Waals surface area contributed by atoms with Crippen molar-refractivity contribution in [3.05, 3.63) is 44.5 Å². The number of halogens is 1. The number of benzene rings is 1. The molecule has 29 heavy (non-hydrogen) atoms. The first-order chi connectivity index (χ1) is 13.7. The van der Waals surface area contributed by atoms with Crippen molar-refractivity contribution in [2.45, 2.75) is 18.4 Å². The summed E-state index contributed by atoms with van der Waals surface area (Å²) in [5, 5.41) is 17.4. The third kappa shape index (κ3) is 4.63. The molecular weight excluding hydrogens is 470 g/mol. The lowest BCUT2D eigenvalue weighted by molar-refractivity contribution is -0.390. The number of amides is 1. The van der Waals surface area contributed by atoms with Gasteiger partial charge in [0.1, 0.15) is 11.0 Å². The third-order valence-corrected chi connectivity index (χ3v) is 7.17. The number of ether oxygens (including phenoxy) is 1. The Morgan fingerprint density at radius 1 is 1.31 bits per heavy atom. The highest BCUT2D eigenvalue weighted by Crippen LogP contribution is 2.27. The van der Waals surface area contributed by atoms with Crippen molar-refractivity contribution in [2.24, 2.45) is 0 Å². The number of sulfonamides is 1. The fourth-order valence-corrected chi connectivity index (χ4v) is 4.60. The Bertz CT molecular complexity index is 1030. The van der Waals surface area contributed by atoms with Crippen LogP contribution in [0.5, 0.6) is 0 Å². The van der Waals surface area contributed by atoms with Crippen molar-refractivity contribution < 1.29 is 22.9 Å². The maximum atomic E-state index is 12.6. The first-order valence-corrected chi connectivity index (χ1v) is 10.8. The molecule has 1 saturated heterocycles. The van der Waals surface area contributed by atoms with Crippen LogP contribution in [0.4, 0.5) is 11.5 Å². The molecular formula is C16H18BrN5O6S. The van der Waals surface area contributed by atoms with Gasteiger partial charge in [0.25, 0.3) is 0 Å². The van der Waals surface area contributed by atoms with Gasteiger partial charge in [-0.3, -0.25) is 4.79 Å². The number of hydrogen-bond donors (Lipinski definition) is 1. The number of nitrogens with one attached hydrogen (secondary N) is 1. The SMILES string of the molecule is Cc1c(Br)c([N+](=O)[O-])nn1CC(=O)Nc1ccc(S(=O)(=O)N2CCOCC2)cc1. The molecule has 0 saturated carbocycles. The van der Waals surface area contributed by atoms with E-state index in [2.05, 4.69) is 26.3 Å². The fourth-order valence-electron chi connectivity index (χ4n) is 2.76. The van der Waals surface area contributed by atoms with E-state index in [4.69, 9.17) is 4.74 Å². The summed E-state index contributed by atoms with van der Waals surface area (Å²) in [7, 11) is -3.61. The molecule has 1 N–H and O–H groups in total. The van der Waals surface area contributed by atoms with Crippen molar-refractivity contribution in [3.8, 4) is 0 Å². The maximum Gasteiger partial charge on any atom is 0.404 e. The molecule has 11 nitrogen and oxygen atoms in total. The highest BCUT2D eigenvalue weighted by Gasteiger charge is 2.27. The molecule has 156 valence electrons. The molecule has 0 radical (unpaired) electrons. The summed E-state index contributed by atoms with van der Waals surface area (Å²) in [5.74, 6) is -0.824. The Kier molecular flexibility index (Phi) is 6.31. The first-order valence-electron chi connectivity index (χ1n) is 8.55.